The Kier molecular flexibility index (Phi) is 9.19. The molecule has 0 amide bonds. The van der Waals surface area contributed by atoms with E-state index >= 15 is 0 Å². The molecule has 0 aromatic carbocycles. The summed E-state index contributed by atoms with van der Waals surface area (Å²) in [6.07, 6.45) is 5.03. The van der Waals surface area contributed by atoms with Gasteiger partial charge in [-0.1, -0.05) is 13.3 Å². The van der Waals surface area contributed by atoms with Crippen molar-refractivity contribution >= 4 is 11.8 Å². The molecule has 0 aliphatic carbocycles. The third kappa shape index (κ3) is 10.0. The Hall–Kier alpha value is -1.16. The van der Waals surface area contributed by atoms with Crippen LogP contribution in [0.5, 0.6) is 0 Å². The molecule has 0 aliphatic heterocycles. The second-order valence-electron chi connectivity index (χ2n) is 4.61. The first-order chi connectivity index (χ1) is 8.45. The Labute approximate surface area is 109 Å². The first-order valence-electron chi connectivity index (χ1n) is 6.48. The molecule has 0 heterocycles. The number of carbonyl (C=O) groups is 2. The second-order valence-corrected chi connectivity index (χ2v) is 4.61. The van der Waals surface area contributed by atoms with Crippen molar-refractivity contribution in [2.24, 2.45) is 5.92 Å². The van der Waals surface area contributed by atoms with E-state index in [1.807, 2.05) is 6.92 Å². The number of hydrogen-bond acceptors (Lipinski definition) is 4. The van der Waals surface area contributed by atoms with Gasteiger partial charge in [0.1, 0.15) is 5.78 Å². The Bertz CT molecular complexity index is 284. The van der Waals surface area contributed by atoms with Crippen LogP contribution in [-0.4, -0.2) is 29.6 Å². The van der Waals surface area contributed by atoms with Crippen LogP contribution in [0.2, 0.25) is 0 Å². The normalized spacial score (nSPS) is 14.4. The fraction of sp³-hybridized carbons (Fsp3) is 0.714. The quantitative estimate of drug-likeness (QED) is 0.507. The maximum absolute atomic E-state index is 11.0. The van der Waals surface area contributed by atoms with Gasteiger partial charge in [-0.25, -0.2) is 4.79 Å². The van der Waals surface area contributed by atoms with Gasteiger partial charge in [-0.05, 0) is 38.7 Å². The molecule has 0 rings (SSSR count). The van der Waals surface area contributed by atoms with Crippen molar-refractivity contribution < 1.29 is 19.4 Å². The SMILES string of the molecule is CCOC(=O)/C=C/[C@@H](O)C[C@H](C)CCCC(C)=O. The van der Waals surface area contributed by atoms with E-state index in [-0.39, 0.29) is 5.78 Å². The zero-order chi connectivity index (χ0) is 14.0. The summed E-state index contributed by atoms with van der Waals surface area (Å²) < 4.78 is 4.71. The summed E-state index contributed by atoms with van der Waals surface area (Å²) >= 11 is 0. The van der Waals surface area contributed by atoms with Gasteiger partial charge < -0.3 is 14.6 Å². The van der Waals surface area contributed by atoms with E-state index in [0.717, 1.165) is 12.8 Å². The molecule has 104 valence electrons. The molecule has 0 spiro atoms. The summed E-state index contributed by atoms with van der Waals surface area (Å²) in [7, 11) is 0. The lowest BCUT2D eigenvalue weighted by atomic mass is 9.96. The third-order valence-electron chi connectivity index (χ3n) is 2.61. The lowest BCUT2D eigenvalue weighted by Crippen LogP contribution is -2.10. The average molecular weight is 256 g/mol. The number of aliphatic hydroxyl groups excluding tert-OH is 1. The number of aliphatic hydroxyl groups is 1. The van der Waals surface area contributed by atoms with Crippen LogP contribution in [0.4, 0.5) is 0 Å². The number of esters is 1. The van der Waals surface area contributed by atoms with E-state index in [0.29, 0.717) is 25.4 Å². The molecule has 0 radical (unpaired) electrons. The molecule has 0 fully saturated rings. The smallest absolute Gasteiger partial charge is 0.330 e. The van der Waals surface area contributed by atoms with Crippen LogP contribution >= 0.6 is 0 Å². The maximum atomic E-state index is 11.0. The summed E-state index contributed by atoms with van der Waals surface area (Å²) in [4.78, 5) is 21.8. The van der Waals surface area contributed by atoms with Gasteiger partial charge in [-0.3, -0.25) is 0 Å². The molecule has 2 atom stereocenters. The van der Waals surface area contributed by atoms with E-state index in [2.05, 4.69) is 0 Å². The standard InChI is InChI=1S/C14H24O4/c1-4-18-14(17)9-8-13(16)10-11(2)6-5-7-12(3)15/h8-9,11,13,16H,4-7,10H2,1-3H3/b9-8+/t11-,13-/m1/s1. The van der Waals surface area contributed by atoms with Crippen LogP contribution in [-0.2, 0) is 14.3 Å². The van der Waals surface area contributed by atoms with E-state index < -0.39 is 12.1 Å². The molecule has 18 heavy (non-hydrogen) atoms. The van der Waals surface area contributed by atoms with Crippen LogP contribution in [0.3, 0.4) is 0 Å². The molecule has 0 bridgehead atoms. The fourth-order valence-corrected chi connectivity index (χ4v) is 1.69. The van der Waals surface area contributed by atoms with Crippen molar-refractivity contribution in [3.8, 4) is 0 Å². The van der Waals surface area contributed by atoms with E-state index in [9.17, 15) is 14.7 Å². The number of carbonyl (C=O) groups excluding carboxylic acids is 2. The third-order valence-corrected chi connectivity index (χ3v) is 2.61. The zero-order valence-corrected chi connectivity index (χ0v) is 11.5. The summed E-state index contributed by atoms with van der Waals surface area (Å²) in [6.45, 7) is 5.68. The fourth-order valence-electron chi connectivity index (χ4n) is 1.69. The number of rotatable bonds is 9. The number of ketones is 1. The molecule has 0 aromatic rings. The summed E-state index contributed by atoms with van der Waals surface area (Å²) in [5.74, 6) is 0.0944. The maximum Gasteiger partial charge on any atom is 0.330 e. The topological polar surface area (TPSA) is 63.6 Å². The summed E-state index contributed by atoms with van der Waals surface area (Å²) in [5, 5.41) is 9.68. The second kappa shape index (κ2) is 9.83. The highest BCUT2D eigenvalue weighted by molar-refractivity contribution is 5.81. The molecule has 0 saturated heterocycles. The molecule has 0 aliphatic rings. The monoisotopic (exact) mass is 256 g/mol. The van der Waals surface area contributed by atoms with Gasteiger partial charge in [0, 0.05) is 12.5 Å². The Morgan fingerprint density at radius 2 is 2.06 bits per heavy atom. The minimum atomic E-state index is -0.637. The van der Waals surface area contributed by atoms with Crippen molar-refractivity contribution in [2.75, 3.05) is 6.61 Å². The highest BCUT2D eigenvalue weighted by Crippen LogP contribution is 2.15. The Morgan fingerprint density at radius 1 is 1.39 bits per heavy atom. The van der Waals surface area contributed by atoms with Crippen LogP contribution < -0.4 is 0 Å². The van der Waals surface area contributed by atoms with Gasteiger partial charge >= 0.3 is 5.97 Å². The van der Waals surface area contributed by atoms with Crippen LogP contribution in [0, 0.1) is 5.92 Å². The minimum absolute atomic E-state index is 0.199. The molecule has 0 saturated carbocycles. The molecular weight excluding hydrogens is 232 g/mol. The van der Waals surface area contributed by atoms with E-state index in [1.54, 1.807) is 13.8 Å². The van der Waals surface area contributed by atoms with Gasteiger partial charge in [0.2, 0.25) is 0 Å². The van der Waals surface area contributed by atoms with Crippen molar-refractivity contribution in [3.05, 3.63) is 12.2 Å². The lowest BCUT2D eigenvalue weighted by molar-refractivity contribution is -0.137. The van der Waals surface area contributed by atoms with Gasteiger partial charge in [0.15, 0.2) is 0 Å². The van der Waals surface area contributed by atoms with Gasteiger partial charge in [-0.15, -0.1) is 0 Å². The molecule has 1 N–H and O–H groups in total. The van der Waals surface area contributed by atoms with Crippen molar-refractivity contribution in [1.29, 1.82) is 0 Å². The minimum Gasteiger partial charge on any atom is -0.463 e. The number of Topliss-reactive ketones (excluding diaryl/α,β-unsaturated/α-hetero) is 1. The lowest BCUT2D eigenvalue weighted by Gasteiger charge is -2.13. The van der Waals surface area contributed by atoms with Gasteiger partial charge in [0.25, 0.3) is 0 Å². The van der Waals surface area contributed by atoms with E-state index in [4.69, 9.17) is 4.74 Å². The van der Waals surface area contributed by atoms with Crippen LogP contribution in [0.25, 0.3) is 0 Å². The molecular formula is C14H24O4. The number of ether oxygens (including phenoxy) is 1. The molecule has 4 heteroatoms. The summed E-state index contributed by atoms with van der Waals surface area (Å²) in [6, 6.07) is 0. The molecule has 0 unspecified atom stereocenters. The largest absolute Gasteiger partial charge is 0.463 e. The van der Waals surface area contributed by atoms with Crippen molar-refractivity contribution in [3.63, 3.8) is 0 Å². The highest BCUT2D eigenvalue weighted by Gasteiger charge is 2.08. The van der Waals surface area contributed by atoms with Crippen LogP contribution in [0.15, 0.2) is 12.2 Å². The number of hydrogen-bond donors (Lipinski definition) is 1. The zero-order valence-electron chi connectivity index (χ0n) is 11.5. The predicted octanol–water partition coefficient (Wildman–Crippen LogP) is 2.25. The Balaban J connectivity index is 3.82. The molecule has 4 nitrogen and oxygen atoms in total. The van der Waals surface area contributed by atoms with Crippen LogP contribution in [0.1, 0.15) is 46.5 Å². The van der Waals surface area contributed by atoms with E-state index in [1.165, 1.54) is 12.2 Å². The summed E-state index contributed by atoms with van der Waals surface area (Å²) in [5.41, 5.74) is 0. The first-order valence-corrected chi connectivity index (χ1v) is 6.48. The molecule has 0 aromatic heterocycles. The van der Waals surface area contributed by atoms with Crippen molar-refractivity contribution in [2.45, 2.75) is 52.6 Å². The van der Waals surface area contributed by atoms with Crippen molar-refractivity contribution in [1.82, 2.24) is 0 Å². The van der Waals surface area contributed by atoms with Gasteiger partial charge in [-0.2, -0.15) is 0 Å². The van der Waals surface area contributed by atoms with Gasteiger partial charge in [0.05, 0.1) is 12.7 Å². The Morgan fingerprint density at radius 3 is 2.61 bits per heavy atom. The highest BCUT2D eigenvalue weighted by atomic mass is 16.5. The first kappa shape index (κ1) is 16.8. The predicted molar refractivity (Wildman–Crippen MR) is 70.1 cm³/mol. The average Bonchev–Trinajstić information content (AvgIpc) is 2.26.